The van der Waals surface area contributed by atoms with Gasteiger partial charge in [0.25, 0.3) is 5.91 Å². The van der Waals surface area contributed by atoms with Crippen molar-refractivity contribution in [1.29, 1.82) is 0 Å². The van der Waals surface area contributed by atoms with Gasteiger partial charge in [0.15, 0.2) is 0 Å². The monoisotopic (exact) mass is 294 g/mol. The van der Waals surface area contributed by atoms with Gasteiger partial charge in [-0.05, 0) is 19.1 Å². The number of carbonyl (C=O) groups excluding carboxylic acids is 2. The summed E-state index contributed by atoms with van der Waals surface area (Å²) in [6.45, 7) is 2.44. The zero-order chi connectivity index (χ0) is 14.4. The molecule has 0 bridgehead atoms. The normalized spacial score (nSPS) is 10.2. The first kappa shape index (κ1) is 14.3. The standard InChI is InChI=1S/C13H14N2O4S/c1-2-18-13(17)12-15-10(8-20-12)11(16)14-6-5-9-4-3-7-19-9/h3-4,7-8H,2,5-6H2,1H3,(H,14,16). The molecule has 106 valence electrons. The largest absolute Gasteiger partial charge is 0.469 e. The summed E-state index contributed by atoms with van der Waals surface area (Å²) in [6.07, 6.45) is 2.19. The lowest BCUT2D eigenvalue weighted by Gasteiger charge is -2.01. The highest BCUT2D eigenvalue weighted by Gasteiger charge is 2.15. The average Bonchev–Trinajstić information content (AvgIpc) is 3.10. The van der Waals surface area contributed by atoms with Gasteiger partial charge in [0.05, 0.1) is 12.9 Å². The molecule has 6 nitrogen and oxygen atoms in total. The van der Waals surface area contributed by atoms with Crippen molar-refractivity contribution in [3.8, 4) is 0 Å². The maximum absolute atomic E-state index is 11.8. The number of nitrogens with zero attached hydrogens (tertiary/aromatic N) is 1. The smallest absolute Gasteiger partial charge is 0.367 e. The van der Waals surface area contributed by atoms with E-state index in [9.17, 15) is 9.59 Å². The summed E-state index contributed by atoms with van der Waals surface area (Å²) in [5.41, 5.74) is 0.220. The highest BCUT2D eigenvalue weighted by Crippen LogP contribution is 2.11. The van der Waals surface area contributed by atoms with Crippen LogP contribution in [0.5, 0.6) is 0 Å². The molecule has 0 aliphatic carbocycles. The highest BCUT2D eigenvalue weighted by molar-refractivity contribution is 7.11. The zero-order valence-electron chi connectivity index (χ0n) is 10.9. The summed E-state index contributed by atoms with van der Waals surface area (Å²) in [4.78, 5) is 27.2. The molecule has 0 saturated carbocycles. The first-order valence-electron chi connectivity index (χ1n) is 6.14. The molecule has 0 aromatic carbocycles. The van der Waals surface area contributed by atoms with Crippen LogP contribution < -0.4 is 5.32 Å². The topological polar surface area (TPSA) is 81.4 Å². The Kier molecular flexibility index (Phi) is 4.89. The number of hydrogen-bond donors (Lipinski definition) is 1. The molecule has 0 aliphatic rings. The summed E-state index contributed by atoms with van der Waals surface area (Å²) < 4.78 is 9.97. The zero-order valence-corrected chi connectivity index (χ0v) is 11.7. The van der Waals surface area contributed by atoms with Crippen molar-refractivity contribution in [3.05, 3.63) is 40.2 Å². The van der Waals surface area contributed by atoms with E-state index < -0.39 is 5.97 Å². The van der Waals surface area contributed by atoms with Crippen LogP contribution in [0.3, 0.4) is 0 Å². The van der Waals surface area contributed by atoms with Crippen LogP contribution >= 0.6 is 11.3 Å². The van der Waals surface area contributed by atoms with Gasteiger partial charge in [-0.2, -0.15) is 0 Å². The van der Waals surface area contributed by atoms with Crippen LogP contribution in [0.15, 0.2) is 28.2 Å². The number of thiazole rings is 1. The van der Waals surface area contributed by atoms with E-state index in [4.69, 9.17) is 9.15 Å². The fraction of sp³-hybridized carbons (Fsp3) is 0.308. The number of amides is 1. The maximum atomic E-state index is 11.8. The van der Waals surface area contributed by atoms with Crippen LogP contribution in [0.4, 0.5) is 0 Å². The molecular weight excluding hydrogens is 280 g/mol. The second kappa shape index (κ2) is 6.85. The Morgan fingerprint density at radius 2 is 2.35 bits per heavy atom. The number of esters is 1. The van der Waals surface area contributed by atoms with Crippen LogP contribution in [-0.4, -0.2) is 30.0 Å². The average molecular weight is 294 g/mol. The SMILES string of the molecule is CCOC(=O)c1nc(C(=O)NCCc2ccco2)cs1. The second-order valence-electron chi connectivity index (χ2n) is 3.84. The van der Waals surface area contributed by atoms with Crippen LogP contribution in [0.2, 0.25) is 0 Å². The Balaban J connectivity index is 1.84. The molecule has 0 spiro atoms. The van der Waals surface area contributed by atoms with E-state index in [0.29, 0.717) is 13.0 Å². The Hall–Kier alpha value is -2.15. The Morgan fingerprint density at radius 3 is 3.05 bits per heavy atom. The fourth-order valence-corrected chi connectivity index (χ4v) is 2.20. The number of ether oxygens (including phenoxy) is 1. The molecule has 7 heteroatoms. The van der Waals surface area contributed by atoms with Crippen molar-refractivity contribution < 1.29 is 18.7 Å². The molecule has 1 N–H and O–H groups in total. The van der Waals surface area contributed by atoms with E-state index >= 15 is 0 Å². The molecule has 2 heterocycles. The van der Waals surface area contributed by atoms with Crippen molar-refractivity contribution in [2.45, 2.75) is 13.3 Å². The highest BCUT2D eigenvalue weighted by atomic mass is 32.1. The van der Waals surface area contributed by atoms with E-state index in [1.54, 1.807) is 19.3 Å². The molecule has 0 radical (unpaired) electrons. The number of nitrogens with one attached hydrogen (secondary N) is 1. The summed E-state index contributed by atoms with van der Waals surface area (Å²) in [5.74, 6) is -0.0220. The molecule has 2 aromatic rings. The Labute approximate surface area is 119 Å². The molecule has 2 aromatic heterocycles. The van der Waals surface area contributed by atoms with E-state index in [1.165, 1.54) is 5.38 Å². The quantitative estimate of drug-likeness (QED) is 0.823. The number of aromatic nitrogens is 1. The number of furan rings is 1. The third kappa shape index (κ3) is 3.67. The third-order valence-electron chi connectivity index (χ3n) is 2.42. The minimum Gasteiger partial charge on any atom is -0.469 e. The van der Waals surface area contributed by atoms with E-state index in [2.05, 4.69) is 10.3 Å². The molecule has 1 amide bonds. The lowest BCUT2D eigenvalue weighted by atomic mass is 10.3. The minimum absolute atomic E-state index is 0.183. The predicted octanol–water partition coefficient (Wildman–Crippen LogP) is 1.89. The molecular formula is C13H14N2O4S. The van der Waals surface area contributed by atoms with Gasteiger partial charge >= 0.3 is 5.97 Å². The summed E-state index contributed by atoms with van der Waals surface area (Å²) in [5, 5.41) is 4.43. The fourth-order valence-electron chi connectivity index (χ4n) is 1.51. The van der Waals surface area contributed by atoms with E-state index in [0.717, 1.165) is 17.1 Å². The first-order valence-corrected chi connectivity index (χ1v) is 7.02. The van der Waals surface area contributed by atoms with Crippen molar-refractivity contribution in [2.75, 3.05) is 13.2 Å². The van der Waals surface area contributed by atoms with Crippen LogP contribution in [-0.2, 0) is 11.2 Å². The molecule has 0 saturated heterocycles. The molecule has 0 atom stereocenters. The van der Waals surface area contributed by atoms with Gasteiger partial charge in [0.2, 0.25) is 5.01 Å². The first-order chi connectivity index (χ1) is 9.70. The number of hydrogen-bond acceptors (Lipinski definition) is 6. The lowest BCUT2D eigenvalue weighted by Crippen LogP contribution is -2.26. The van der Waals surface area contributed by atoms with Crippen molar-refractivity contribution >= 4 is 23.2 Å². The van der Waals surface area contributed by atoms with Crippen LogP contribution in [0.1, 0.15) is 33.0 Å². The van der Waals surface area contributed by atoms with Gasteiger partial charge in [-0.15, -0.1) is 11.3 Å². The van der Waals surface area contributed by atoms with Gasteiger partial charge < -0.3 is 14.5 Å². The number of rotatable bonds is 6. The predicted molar refractivity (Wildman–Crippen MR) is 72.8 cm³/mol. The molecule has 0 unspecified atom stereocenters. The third-order valence-corrected chi connectivity index (χ3v) is 3.25. The van der Waals surface area contributed by atoms with Gasteiger partial charge in [0, 0.05) is 18.3 Å². The van der Waals surface area contributed by atoms with Crippen LogP contribution in [0, 0.1) is 0 Å². The van der Waals surface area contributed by atoms with E-state index in [1.807, 2.05) is 6.07 Å². The second-order valence-corrected chi connectivity index (χ2v) is 4.70. The van der Waals surface area contributed by atoms with Crippen molar-refractivity contribution in [3.63, 3.8) is 0 Å². The summed E-state index contributed by atoms with van der Waals surface area (Å²) in [7, 11) is 0. The number of carbonyl (C=O) groups is 2. The summed E-state index contributed by atoms with van der Waals surface area (Å²) >= 11 is 1.09. The van der Waals surface area contributed by atoms with Crippen LogP contribution in [0.25, 0.3) is 0 Å². The Morgan fingerprint density at radius 1 is 1.50 bits per heavy atom. The summed E-state index contributed by atoms with van der Waals surface area (Å²) in [6, 6.07) is 3.64. The van der Waals surface area contributed by atoms with Gasteiger partial charge in [0.1, 0.15) is 11.5 Å². The van der Waals surface area contributed by atoms with Crippen molar-refractivity contribution in [2.24, 2.45) is 0 Å². The van der Waals surface area contributed by atoms with Gasteiger partial charge in [-0.25, -0.2) is 9.78 Å². The molecule has 0 fully saturated rings. The molecule has 2 rings (SSSR count). The minimum atomic E-state index is -0.507. The van der Waals surface area contributed by atoms with Gasteiger partial charge in [-0.1, -0.05) is 0 Å². The van der Waals surface area contributed by atoms with E-state index in [-0.39, 0.29) is 23.2 Å². The van der Waals surface area contributed by atoms with Gasteiger partial charge in [-0.3, -0.25) is 4.79 Å². The maximum Gasteiger partial charge on any atom is 0.367 e. The lowest BCUT2D eigenvalue weighted by molar-refractivity contribution is 0.0526. The molecule has 0 aliphatic heterocycles. The molecule has 20 heavy (non-hydrogen) atoms. The van der Waals surface area contributed by atoms with Crippen molar-refractivity contribution in [1.82, 2.24) is 10.3 Å². The Bertz CT molecular complexity index is 577.